The van der Waals surface area contributed by atoms with Crippen LogP contribution in [-0.2, 0) is 19.2 Å². The van der Waals surface area contributed by atoms with Crippen LogP contribution in [0.5, 0.6) is 0 Å². The Balaban J connectivity index is 5.39. The number of carboxylic acid groups (broad SMARTS) is 1. The third kappa shape index (κ3) is 12.0. The van der Waals surface area contributed by atoms with Gasteiger partial charge < -0.3 is 37.8 Å². The lowest BCUT2D eigenvalue weighted by molar-refractivity contribution is -0.141. The molecule has 3 amide bonds. The summed E-state index contributed by atoms with van der Waals surface area (Å²) in [7, 11) is 0. The van der Waals surface area contributed by atoms with E-state index in [1.54, 1.807) is 0 Å². The van der Waals surface area contributed by atoms with Crippen LogP contribution in [0.1, 0.15) is 33.1 Å². The summed E-state index contributed by atoms with van der Waals surface area (Å²) in [5.41, 5.74) is 10.9. The van der Waals surface area contributed by atoms with Gasteiger partial charge in [0.2, 0.25) is 17.7 Å². The van der Waals surface area contributed by atoms with Crippen molar-refractivity contribution in [2.24, 2.45) is 17.4 Å². The molecule has 14 heteroatoms. The lowest BCUT2D eigenvalue weighted by Gasteiger charge is -2.26. The Labute approximate surface area is 198 Å². The molecule has 0 rings (SSSR count). The number of carbonyl (C=O) groups excluding carboxylic acids is 3. The fourth-order valence-corrected chi connectivity index (χ4v) is 3.01. The Kier molecular flexibility index (Phi) is 14.5. The summed E-state index contributed by atoms with van der Waals surface area (Å²) in [6.45, 7) is 3.99. The maximum Gasteiger partial charge on any atom is 0.327 e. The van der Waals surface area contributed by atoms with Gasteiger partial charge in [0.05, 0.1) is 6.04 Å². The molecular formula is C18H35N7O5S2. The lowest BCUT2D eigenvalue weighted by atomic mass is 10.0. The van der Waals surface area contributed by atoms with Gasteiger partial charge in [0.15, 0.2) is 5.96 Å². The van der Waals surface area contributed by atoms with Crippen LogP contribution in [0.15, 0.2) is 0 Å². The Hall–Kier alpha value is -2.19. The van der Waals surface area contributed by atoms with Crippen molar-refractivity contribution in [2.45, 2.75) is 57.3 Å². The summed E-state index contributed by atoms with van der Waals surface area (Å²) in [6.07, 6.45) is 0.816. The monoisotopic (exact) mass is 493 g/mol. The molecule has 0 saturated heterocycles. The molecule has 0 heterocycles. The number of carboxylic acids is 1. The maximum absolute atomic E-state index is 12.9. The minimum absolute atomic E-state index is 0.00995. The van der Waals surface area contributed by atoms with Gasteiger partial charge in [-0.2, -0.15) is 25.3 Å². The SMILES string of the molecule is CC(C)C[C@H](NC(=O)[C@H](CCCNC(=N)N)NC(=O)[C@H](N)CS)C(=O)N[C@@H](CS)C(=O)O. The Bertz CT molecular complexity index is 666. The average Bonchev–Trinajstić information content (AvgIpc) is 2.71. The zero-order valence-corrected chi connectivity index (χ0v) is 20.0. The van der Waals surface area contributed by atoms with Gasteiger partial charge in [0, 0.05) is 18.1 Å². The van der Waals surface area contributed by atoms with E-state index in [1.165, 1.54) is 0 Å². The van der Waals surface area contributed by atoms with Crippen molar-refractivity contribution in [1.29, 1.82) is 5.41 Å². The van der Waals surface area contributed by atoms with Gasteiger partial charge in [0.25, 0.3) is 0 Å². The Morgan fingerprint density at radius 3 is 1.94 bits per heavy atom. The van der Waals surface area contributed by atoms with Crippen LogP contribution in [0.4, 0.5) is 0 Å². The zero-order valence-electron chi connectivity index (χ0n) is 18.3. The van der Waals surface area contributed by atoms with Crippen LogP contribution in [0, 0.1) is 11.3 Å². The predicted octanol–water partition coefficient (Wildman–Crippen LogP) is -1.98. The fourth-order valence-electron chi connectivity index (χ4n) is 2.59. The van der Waals surface area contributed by atoms with Gasteiger partial charge in [0.1, 0.15) is 18.1 Å². The molecule has 0 aliphatic carbocycles. The molecule has 10 N–H and O–H groups in total. The largest absolute Gasteiger partial charge is 0.480 e. The van der Waals surface area contributed by atoms with E-state index in [4.69, 9.17) is 22.0 Å². The average molecular weight is 494 g/mol. The van der Waals surface area contributed by atoms with Crippen LogP contribution in [-0.4, -0.2) is 77.0 Å². The van der Waals surface area contributed by atoms with Crippen molar-refractivity contribution in [3.63, 3.8) is 0 Å². The number of nitrogens with one attached hydrogen (secondary N) is 5. The molecule has 0 aromatic heterocycles. The topological polar surface area (TPSA) is 213 Å². The van der Waals surface area contributed by atoms with Gasteiger partial charge in [-0.15, -0.1) is 0 Å². The summed E-state index contributed by atoms with van der Waals surface area (Å²) in [5.74, 6) is -3.36. The number of rotatable bonds is 15. The summed E-state index contributed by atoms with van der Waals surface area (Å²) >= 11 is 7.89. The summed E-state index contributed by atoms with van der Waals surface area (Å²) in [4.78, 5) is 49.0. The van der Waals surface area contributed by atoms with Crippen LogP contribution < -0.4 is 32.7 Å². The summed E-state index contributed by atoms with van der Waals surface area (Å²) in [6, 6.07) is -4.16. The molecule has 12 nitrogen and oxygen atoms in total. The molecular weight excluding hydrogens is 458 g/mol. The molecule has 0 radical (unpaired) electrons. The van der Waals surface area contributed by atoms with Crippen molar-refractivity contribution < 1.29 is 24.3 Å². The molecule has 0 unspecified atom stereocenters. The molecule has 0 aliphatic heterocycles. The maximum atomic E-state index is 12.9. The first kappa shape index (κ1) is 29.8. The van der Waals surface area contributed by atoms with Gasteiger partial charge in [-0.3, -0.25) is 19.8 Å². The highest BCUT2D eigenvalue weighted by Gasteiger charge is 2.30. The molecule has 0 bridgehead atoms. The number of hydrogen-bond acceptors (Lipinski definition) is 8. The van der Waals surface area contributed by atoms with E-state index < -0.39 is 47.9 Å². The lowest BCUT2D eigenvalue weighted by Crippen LogP contribution is -2.57. The van der Waals surface area contributed by atoms with E-state index in [0.29, 0.717) is 13.0 Å². The minimum atomic E-state index is -1.24. The number of hydrogen-bond donors (Lipinski definition) is 10. The number of amides is 3. The molecule has 0 aromatic carbocycles. The molecule has 0 aliphatic rings. The molecule has 32 heavy (non-hydrogen) atoms. The number of aliphatic carboxylic acids is 1. The van der Waals surface area contributed by atoms with E-state index in [1.807, 2.05) is 13.8 Å². The summed E-state index contributed by atoms with van der Waals surface area (Å²) < 4.78 is 0. The first-order valence-electron chi connectivity index (χ1n) is 10.1. The third-order valence-electron chi connectivity index (χ3n) is 4.29. The highest BCUT2D eigenvalue weighted by molar-refractivity contribution is 7.80. The van der Waals surface area contributed by atoms with Crippen molar-refractivity contribution in [3.05, 3.63) is 0 Å². The van der Waals surface area contributed by atoms with E-state index in [9.17, 15) is 19.2 Å². The number of thiol groups is 2. The van der Waals surface area contributed by atoms with E-state index >= 15 is 0 Å². The van der Waals surface area contributed by atoms with Gasteiger partial charge in [-0.25, -0.2) is 4.79 Å². The third-order valence-corrected chi connectivity index (χ3v) is 5.05. The molecule has 0 spiro atoms. The Morgan fingerprint density at radius 2 is 1.47 bits per heavy atom. The van der Waals surface area contributed by atoms with E-state index in [0.717, 1.165) is 0 Å². The van der Waals surface area contributed by atoms with Crippen molar-refractivity contribution in [1.82, 2.24) is 21.3 Å². The normalized spacial score (nSPS) is 14.6. The van der Waals surface area contributed by atoms with Crippen molar-refractivity contribution in [2.75, 3.05) is 18.1 Å². The molecule has 0 saturated carbocycles. The van der Waals surface area contributed by atoms with Gasteiger partial charge >= 0.3 is 5.97 Å². The van der Waals surface area contributed by atoms with E-state index in [2.05, 4.69) is 46.5 Å². The van der Waals surface area contributed by atoms with Gasteiger partial charge in [-0.05, 0) is 25.2 Å². The highest BCUT2D eigenvalue weighted by atomic mass is 32.1. The second-order valence-electron chi connectivity index (χ2n) is 7.61. The zero-order chi connectivity index (χ0) is 24.8. The van der Waals surface area contributed by atoms with Crippen LogP contribution >= 0.6 is 25.3 Å². The number of nitrogens with two attached hydrogens (primary N) is 2. The molecule has 0 fully saturated rings. The van der Waals surface area contributed by atoms with Crippen molar-refractivity contribution in [3.8, 4) is 0 Å². The molecule has 0 aromatic rings. The number of carbonyl (C=O) groups is 4. The fraction of sp³-hybridized carbons (Fsp3) is 0.722. The first-order valence-corrected chi connectivity index (χ1v) is 11.4. The van der Waals surface area contributed by atoms with Crippen LogP contribution in [0.3, 0.4) is 0 Å². The quantitative estimate of drug-likeness (QED) is 0.0533. The predicted molar refractivity (Wildman–Crippen MR) is 128 cm³/mol. The second-order valence-corrected chi connectivity index (χ2v) is 8.34. The van der Waals surface area contributed by atoms with Gasteiger partial charge in [-0.1, -0.05) is 13.8 Å². The van der Waals surface area contributed by atoms with Crippen molar-refractivity contribution >= 4 is 54.9 Å². The standard InChI is InChI=1S/C18H35N7O5S2/c1-9(2)6-12(16(28)25-13(8-32)17(29)30)24-15(27)11(4-3-5-22-18(20)21)23-14(26)10(19)7-31/h9-13,31-32H,3-8,19H2,1-2H3,(H,23,26)(H,24,27)(H,25,28)(H,29,30)(H4,20,21,22)/t10-,11+,12+,13+/m1/s1. The first-order chi connectivity index (χ1) is 14.9. The Morgan fingerprint density at radius 1 is 0.938 bits per heavy atom. The molecule has 4 atom stereocenters. The van der Waals surface area contributed by atoms with Crippen LogP contribution in [0.25, 0.3) is 0 Å². The molecule has 184 valence electrons. The smallest absolute Gasteiger partial charge is 0.327 e. The van der Waals surface area contributed by atoms with E-state index in [-0.39, 0.29) is 36.2 Å². The minimum Gasteiger partial charge on any atom is -0.480 e. The summed E-state index contributed by atoms with van der Waals surface area (Å²) in [5, 5.41) is 26.4. The number of guanidine groups is 1. The highest BCUT2D eigenvalue weighted by Crippen LogP contribution is 2.08. The van der Waals surface area contributed by atoms with Crippen LogP contribution in [0.2, 0.25) is 0 Å². The second kappa shape index (κ2) is 15.6.